The number of nitrogen functional groups attached to an aromatic ring is 1. The Labute approximate surface area is 139 Å². The Hall–Kier alpha value is -3.28. The molecule has 24 heavy (non-hydrogen) atoms. The standard InChI is InChI=1S/C18H17N3O3/c1-22-17-16(19)18(21-12-20-17)24-15-9-5-8-14(10-15)23-11-13-6-3-2-4-7-13/h2-10,12H,11,19H2,1H3. The smallest absolute Gasteiger partial charge is 0.249 e. The number of hydrogen-bond acceptors (Lipinski definition) is 6. The van der Waals surface area contributed by atoms with Crippen LogP contribution in [0.25, 0.3) is 0 Å². The van der Waals surface area contributed by atoms with Gasteiger partial charge in [-0.3, -0.25) is 0 Å². The molecule has 3 aromatic rings. The lowest BCUT2D eigenvalue weighted by atomic mass is 10.2. The fourth-order valence-corrected chi connectivity index (χ4v) is 2.09. The molecule has 2 aromatic carbocycles. The number of nitrogens with zero attached hydrogens (tertiary/aromatic N) is 2. The second-order valence-electron chi connectivity index (χ2n) is 4.95. The van der Waals surface area contributed by atoms with Gasteiger partial charge < -0.3 is 19.9 Å². The molecule has 6 nitrogen and oxygen atoms in total. The van der Waals surface area contributed by atoms with E-state index in [-0.39, 0.29) is 17.4 Å². The van der Waals surface area contributed by atoms with E-state index in [4.69, 9.17) is 19.9 Å². The van der Waals surface area contributed by atoms with Crippen LogP contribution in [0.15, 0.2) is 60.9 Å². The summed E-state index contributed by atoms with van der Waals surface area (Å²) in [5, 5.41) is 0. The molecule has 0 radical (unpaired) electrons. The van der Waals surface area contributed by atoms with Crippen LogP contribution < -0.4 is 19.9 Å². The van der Waals surface area contributed by atoms with E-state index in [1.165, 1.54) is 13.4 Å². The zero-order chi connectivity index (χ0) is 16.8. The van der Waals surface area contributed by atoms with Gasteiger partial charge in [-0.25, -0.2) is 0 Å². The van der Waals surface area contributed by atoms with Crippen LogP contribution in [0.5, 0.6) is 23.3 Å². The van der Waals surface area contributed by atoms with Crippen LogP contribution in [0, 0.1) is 0 Å². The number of aromatic nitrogens is 2. The first kappa shape index (κ1) is 15.6. The molecular formula is C18H17N3O3. The summed E-state index contributed by atoms with van der Waals surface area (Å²) in [6.45, 7) is 0.480. The minimum absolute atomic E-state index is 0.238. The zero-order valence-electron chi connectivity index (χ0n) is 13.2. The molecule has 0 saturated heterocycles. The Balaban J connectivity index is 1.71. The number of hydrogen-bond donors (Lipinski definition) is 1. The lowest BCUT2D eigenvalue weighted by Crippen LogP contribution is -2.00. The molecule has 0 aliphatic heterocycles. The van der Waals surface area contributed by atoms with E-state index in [0.717, 1.165) is 5.56 Å². The predicted molar refractivity (Wildman–Crippen MR) is 90.3 cm³/mol. The zero-order valence-corrected chi connectivity index (χ0v) is 13.2. The molecule has 1 aromatic heterocycles. The van der Waals surface area contributed by atoms with Crippen molar-refractivity contribution in [1.82, 2.24) is 9.97 Å². The van der Waals surface area contributed by atoms with Gasteiger partial charge in [0.15, 0.2) is 5.69 Å². The van der Waals surface area contributed by atoms with Crippen LogP contribution in [0.2, 0.25) is 0 Å². The van der Waals surface area contributed by atoms with Crippen LogP contribution in [0.4, 0.5) is 5.69 Å². The second-order valence-corrected chi connectivity index (χ2v) is 4.95. The fraction of sp³-hybridized carbons (Fsp3) is 0.111. The summed E-state index contributed by atoms with van der Waals surface area (Å²) >= 11 is 0. The SMILES string of the molecule is COc1ncnc(Oc2cccc(OCc3ccccc3)c2)c1N. The molecular weight excluding hydrogens is 306 g/mol. The number of rotatable bonds is 6. The van der Waals surface area contributed by atoms with Crippen LogP contribution in [0.1, 0.15) is 5.56 Å². The number of anilines is 1. The van der Waals surface area contributed by atoms with Gasteiger partial charge in [0.2, 0.25) is 11.8 Å². The van der Waals surface area contributed by atoms with Crippen LogP contribution in [-0.2, 0) is 6.61 Å². The molecule has 6 heteroatoms. The van der Waals surface area contributed by atoms with Crippen molar-refractivity contribution in [2.24, 2.45) is 0 Å². The minimum Gasteiger partial charge on any atom is -0.489 e. The van der Waals surface area contributed by atoms with Crippen molar-refractivity contribution >= 4 is 5.69 Å². The lowest BCUT2D eigenvalue weighted by Gasteiger charge is -2.11. The molecule has 2 N–H and O–H groups in total. The van der Waals surface area contributed by atoms with E-state index in [1.54, 1.807) is 12.1 Å². The summed E-state index contributed by atoms with van der Waals surface area (Å²) in [6.07, 6.45) is 1.33. The quantitative estimate of drug-likeness (QED) is 0.748. The summed E-state index contributed by atoms with van der Waals surface area (Å²) in [6, 6.07) is 17.2. The number of nitrogens with two attached hydrogens (primary N) is 1. The van der Waals surface area contributed by atoms with Gasteiger partial charge in [-0.05, 0) is 17.7 Å². The van der Waals surface area contributed by atoms with Crippen molar-refractivity contribution in [2.45, 2.75) is 6.61 Å². The predicted octanol–water partition coefficient (Wildman–Crippen LogP) is 3.44. The first-order valence-electron chi connectivity index (χ1n) is 7.35. The highest BCUT2D eigenvalue weighted by Crippen LogP contribution is 2.31. The average molecular weight is 323 g/mol. The van der Waals surface area contributed by atoms with Crippen molar-refractivity contribution in [2.75, 3.05) is 12.8 Å². The van der Waals surface area contributed by atoms with E-state index in [1.807, 2.05) is 42.5 Å². The molecule has 0 amide bonds. The van der Waals surface area contributed by atoms with Crippen LogP contribution in [-0.4, -0.2) is 17.1 Å². The third-order valence-electron chi connectivity index (χ3n) is 3.27. The molecule has 0 saturated carbocycles. The Morgan fingerprint density at radius 3 is 2.46 bits per heavy atom. The summed E-state index contributed by atoms with van der Waals surface area (Å²) in [5.41, 5.74) is 7.25. The van der Waals surface area contributed by atoms with E-state index < -0.39 is 0 Å². The molecule has 0 unspecified atom stereocenters. The number of ether oxygens (including phenoxy) is 3. The van der Waals surface area contributed by atoms with Crippen molar-refractivity contribution < 1.29 is 14.2 Å². The van der Waals surface area contributed by atoms with Gasteiger partial charge in [0.25, 0.3) is 0 Å². The lowest BCUT2D eigenvalue weighted by molar-refractivity contribution is 0.304. The van der Waals surface area contributed by atoms with Crippen molar-refractivity contribution in [3.63, 3.8) is 0 Å². The molecule has 0 bridgehead atoms. The summed E-state index contributed by atoms with van der Waals surface area (Å²) in [5.74, 6) is 1.77. The van der Waals surface area contributed by atoms with Crippen molar-refractivity contribution in [1.29, 1.82) is 0 Å². The maximum atomic E-state index is 5.91. The van der Waals surface area contributed by atoms with E-state index in [0.29, 0.717) is 18.1 Å². The summed E-state index contributed by atoms with van der Waals surface area (Å²) in [7, 11) is 1.49. The molecule has 1 heterocycles. The molecule has 0 aliphatic rings. The van der Waals surface area contributed by atoms with E-state index in [9.17, 15) is 0 Å². The Morgan fingerprint density at radius 1 is 0.917 bits per heavy atom. The monoisotopic (exact) mass is 323 g/mol. The molecule has 0 fully saturated rings. The highest BCUT2D eigenvalue weighted by atomic mass is 16.5. The largest absolute Gasteiger partial charge is 0.489 e. The van der Waals surface area contributed by atoms with E-state index in [2.05, 4.69) is 9.97 Å². The Kier molecular flexibility index (Phi) is 4.76. The first-order chi connectivity index (χ1) is 11.8. The first-order valence-corrected chi connectivity index (χ1v) is 7.35. The van der Waals surface area contributed by atoms with Gasteiger partial charge in [-0.2, -0.15) is 9.97 Å². The number of benzene rings is 2. The molecule has 3 rings (SSSR count). The Morgan fingerprint density at radius 2 is 1.67 bits per heavy atom. The van der Waals surface area contributed by atoms with Gasteiger partial charge in [0.05, 0.1) is 7.11 Å². The minimum atomic E-state index is 0.238. The molecule has 0 atom stereocenters. The maximum absolute atomic E-state index is 5.91. The summed E-state index contributed by atoms with van der Waals surface area (Å²) < 4.78 is 16.5. The number of methoxy groups -OCH3 is 1. The summed E-state index contributed by atoms with van der Waals surface area (Å²) in [4.78, 5) is 7.94. The fourth-order valence-electron chi connectivity index (χ4n) is 2.09. The average Bonchev–Trinajstić information content (AvgIpc) is 2.63. The normalized spacial score (nSPS) is 10.2. The molecule has 122 valence electrons. The van der Waals surface area contributed by atoms with E-state index >= 15 is 0 Å². The topological polar surface area (TPSA) is 79.5 Å². The highest BCUT2D eigenvalue weighted by molar-refractivity contribution is 5.56. The maximum Gasteiger partial charge on any atom is 0.249 e. The van der Waals surface area contributed by atoms with Gasteiger partial charge in [0.1, 0.15) is 24.4 Å². The molecule has 0 aliphatic carbocycles. The van der Waals surface area contributed by atoms with Crippen LogP contribution in [0.3, 0.4) is 0 Å². The third-order valence-corrected chi connectivity index (χ3v) is 3.27. The second kappa shape index (κ2) is 7.32. The highest BCUT2D eigenvalue weighted by Gasteiger charge is 2.11. The van der Waals surface area contributed by atoms with Crippen molar-refractivity contribution in [3.8, 4) is 23.3 Å². The van der Waals surface area contributed by atoms with Gasteiger partial charge in [-0.1, -0.05) is 36.4 Å². The third kappa shape index (κ3) is 3.73. The van der Waals surface area contributed by atoms with Gasteiger partial charge >= 0.3 is 0 Å². The van der Waals surface area contributed by atoms with Crippen LogP contribution >= 0.6 is 0 Å². The van der Waals surface area contributed by atoms with Gasteiger partial charge in [-0.15, -0.1) is 0 Å². The van der Waals surface area contributed by atoms with Crippen molar-refractivity contribution in [3.05, 3.63) is 66.5 Å². The Bertz CT molecular complexity index is 810. The van der Waals surface area contributed by atoms with Gasteiger partial charge in [0, 0.05) is 6.07 Å². The molecule has 0 spiro atoms.